The van der Waals surface area contributed by atoms with Crippen LogP contribution in [0.5, 0.6) is 0 Å². The summed E-state index contributed by atoms with van der Waals surface area (Å²) in [7, 11) is 0. The third-order valence-corrected chi connectivity index (χ3v) is 6.58. The summed E-state index contributed by atoms with van der Waals surface area (Å²) in [4.78, 5) is 27.8. The summed E-state index contributed by atoms with van der Waals surface area (Å²) in [5, 5.41) is 4.97. The van der Waals surface area contributed by atoms with Gasteiger partial charge in [-0.3, -0.25) is 10.1 Å². The van der Waals surface area contributed by atoms with E-state index in [1.807, 2.05) is 0 Å². The highest BCUT2D eigenvalue weighted by molar-refractivity contribution is 6.04. The highest BCUT2D eigenvalue weighted by Gasteiger charge is 2.43. The van der Waals surface area contributed by atoms with Crippen molar-refractivity contribution in [2.45, 2.75) is 50.5 Å². The minimum atomic E-state index is -0.357. The molecule has 0 aliphatic carbocycles. The average Bonchev–Trinajstić information content (AvgIpc) is 3.17. The lowest BCUT2D eigenvalue weighted by Crippen LogP contribution is -2.45. The Labute approximate surface area is 161 Å². The summed E-state index contributed by atoms with van der Waals surface area (Å²) >= 11 is 0. The van der Waals surface area contributed by atoms with E-state index >= 15 is 0 Å². The molecule has 1 unspecified atom stereocenters. The van der Waals surface area contributed by atoms with Crippen LogP contribution in [0.3, 0.4) is 0 Å². The first kappa shape index (κ1) is 18.3. The van der Waals surface area contributed by atoms with E-state index in [-0.39, 0.29) is 18.0 Å². The van der Waals surface area contributed by atoms with E-state index in [9.17, 15) is 9.59 Å². The number of imide groups is 1. The van der Waals surface area contributed by atoms with Gasteiger partial charge in [-0.05, 0) is 70.3 Å². The molecule has 27 heavy (non-hydrogen) atoms. The maximum atomic E-state index is 11.6. The van der Waals surface area contributed by atoms with Crippen molar-refractivity contribution in [3.8, 4) is 0 Å². The van der Waals surface area contributed by atoms with Crippen LogP contribution in [0.4, 0.5) is 10.5 Å². The Kier molecular flexibility index (Phi) is 5.08. The number of unbranched alkanes of at least 4 members (excludes halogenated alkanes) is 1. The van der Waals surface area contributed by atoms with Gasteiger partial charge in [-0.1, -0.05) is 18.2 Å². The van der Waals surface area contributed by atoms with Crippen LogP contribution in [-0.2, 0) is 10.2 Å². The van der Waals surface area contributed by atoms with Crippen molar-refractivity contribution in [3.05, 3.63) is 29.8 Å². The molecule has 0 aromatic heterocycles. The molecule has 4 rings (SSSR count). The number of carbonyl (C=O) groups is 2. The summed E-state index contributed by atoms with van der Waals surface area (Å²) in [5.41, 5.74) is 3.31. The first-order valence-corrected chi connectivity index (χ1v) is 10.3. The molecular formula is C21H30N4O2. The van der Waals surface area contributed by atoms with Crippen molar-refractivity contribution in [1.29, 1.82) is 0 Å². The predicted octanol–water partition coefficient (Wildman–Crippen LogP) is 2.24. The standard InChI is InChI=1S/C21H30N4O2/c1-2-25-15-21(16-7-3-4-9-18(16)25)10-13-24(14-11-21)12-6-5-8-17-19(26)23-20(27)22-17/h3-4,7,9,17H,2,5-6,8,10-15H2,1H3,(H2,22,23,26,27). The van der Waals surface area contributed by atoms with E-state index in [0.29, 0.717) is 5.41 Å². The topological polar surface area (TPSA) is 64.7 Å². The van der Waals surface area contributed by atoms with Gasteiger partial charge in [0.15, 0.2) is 0 Å². The molecule has 3 aliphatic heterocycles. The van der Waals surface area contributed by atoms with Crippen LogP contribution in [0.15, 0.2) is 24.3 Å². The molecule has 0 radical (unpaired) electrons. The Morgan fingerprint density at radius 2 is 1.93 bits per heavy atom. The van der Waals surface area contributed by atoms with Gasteiger partial charge in [0.1, 0.15) is 6.04 Å². The summed E-state index contributed by atoms with van der Waals surface area (Å²) in [5.74, 6) is -0.180. The number of likely N-dealkylation sites (tertiary alicyclic amines) is 1. The molecular weight excluding hydrogens is 340 g/mol. The van der Waals surface area contributed by atoms with Crippen LogP contribution in [-0.4, -0.2) is 55.6 Å². The summed E-state index contributed by atoms with van der Waals surface area (Å²) in [6.07, 6.45) is 5.22. The maximum absolute atomic E-state index is 11.6. The van der Waals surface area contributed by atoms with Crippen LogP contribution in [0.1, 0.15) is 44.6 Å². The van der Waals surface area contributed by atoms with E-state index < -0.39 is 0 Å². The minimum Gasteiger partial charge on any atom is -0.371 e. The van der Waals surface area contributed by atoms with Crippen molar-refractivity contribution in [2.24, 2.45) is 0 Å². The van der Waals surface area contributed by atoms with Crippen molar-refractivity contribution in [2.75, 3.05) is 37.6 Å². The Balaban J connectivity index is 1.25. The number of likely N-dealkylation sites (N-methyl/N-ethyl adjacent to an activating group) is 1. The van der Waals surface area contributed by atoms with E-state index in [2.05, 4.69) is 51.6 Å². The number of piperidine rings is 1. The molecule has 1 aromatic rings. The Morgan fingerprint density at radius 1 is 1.15 bits per heavy atom. The smallest absolute Gasteiger partial charge is 0.322 e. The highest BCUT2D eigenvalue weighted by Crippen LogP contribution is 2.46. The molecule has 1 aromatic carbocycles. The van der Waals surface area contributed by atoms with E-state index in [0.717, 1.165) is 52.0 Å². The van der Waals surface area contributed by atoms with Crippen molar-refractivity contribution < 1.29 is 9.59 Å². The van der Waals surface area contributed by atoms with Crippen LogP contribution in [0.25, 0.3) is 0 Å². The number of hydrogen-bond donors (Lipinski definition) is 2. The first-order chi connectivity index (χ1) is 13.1. The molecule has 2 saturated heterocycles. The summed E-state index contributed by atoms with van der Waals surface area (Å²) in [6.45, 7) is 7.86. The molecule has 1 atom stereocenters. The van der Waals surface area contributed by atoms with Gasteiger partial charge in [0, 0.05) is 24.2 Å². The number of carbonyl (C=O) groups excluding carboxylic acids is 2. The van der Waals surface area contributed by atoms with Crippen LogP contribution in [0, 0.1) is 0 Å². The molecule has 0 bridgehead atoms. The van der Waals surface area contributed by atoms with Gasteiger partial charge in [0.25, 0.3) is 5.91 Å². The zero-order chi connectivity index (χ0) is 18.9. The number of nitrogens with zero attached hydrogens (tertiary/aromatic N) is 2. The van der Waals surface area contributed by atoms with Gasteiger partial charge in [0.2, 0.25) is 0 Å². The van der Waals surface area contributed by atoms with Crippen molar-refractivity contribution in [1.82, 2.24) is 15.5 Å². The van der Waals surface area contributed by atoms with E-state index in [1.54, 1.807) is 5.56 Å². The lowest BCUT2D eigenvalue weighted by molar-refractivity contribution is -0.120. The number of urea groups is 1. The quantitative estimate of drug-likeness (QED) is 0.595. The van der Waals surface area contributed by atoms with Gasteiger partial charge in [0.05, 0.1) is 0 Å². The lowest BCUT2D eigenvalue weighted by Gasteiger charge is -2.40. The number of nitrogens with one attached hydrogen (secondary N) is 2. The molecule has 6 heteroatoms. The molecule has 6 nitrogen and oxygen atoms in total. The van der Waals surface area contributed by atoms with Gasteiger partial charge < -0.3 is 15.1 Å². The normalized spacial score (nSPS) is 24.2. The lowest BCUT2D eigenvalue weighted by atomic mass is 9.74. The first-order valence-electron chi connectivity index (χ1n) is 10.3. The predicted molar refractivity (Wildman–Crippen MR) is 106 cm³/mol. The molecule has 2 N–H and O–H groups in total. The molecule has 3 aliphatic rings. The van der Waals surface area contributed by atoms with Gasteiger partial charge in [-0.2, -0.15) is 0 Å². The number of hydrogen-bond acceptors (Lipinski definition) is 4. The molecule has 3 heterocycles. The van der Waals surface area contributed by atoms with Crippen molar-refractivity contribution >= 4 is 17.6 Å². The monoisotopic (exact) mass is 370 g/mol. The van der Waals surface area contributed by atoms with Gasteiger partial charge in [-0.15, -0.1) is 0 Å². The SMILES string of the molecule is CCN1CC2(CCN(CCCCC3NC(=O)NC3=O)CC2)c2ccccc21. The fourth-order valence-electron chi connectivity index (χ4n) is 4.99. The molecule has 0 saturated carbocycles. The molecule has 1 spiro atoms. The summed E-state index contributed by atoms with van der Waals surface area (Å²) < 4.78 is 0. The van der Waals surface area contributed by atoms with E-state index in [1.165, 1.54) is 18.5 Å². The average molecular weight is 370 g/mol. The molecule has 3 amide bonds. The zero-order valence-corrected chi connectivity index (χ0v) is 16.2. The number of rotatable bonds is 6. The number of benzene rings is 1. The number of fused-ring (bicyclic) bond motifs is 2. The Hall–Kier alpha value is -2.08. The third-order valence-electron chi connectivity index (χ3n) is 6.58. The number of para-hydroxylation sites is 1. The van der Waals surface area contributed by atoms with E-state index in [4.69, 9.17) is 0 Å². The van der Waals surface area contributed by atoms with Crippen LogP contribution < -0.4 is 15.5 Å². The third kappa shape index (κ3) is 3.55. The fraction of sp³-hybridized carbons (Fsp3) is 0.619. The largest absolute Gasteiger partial charge is 0.371 e. The second kappa shape index (κ2) is 7.50. The highest BCUT2D eigenvalue weighted by atomic mass is 16.2. The van der Waals surface area contributed by atoms with Gasteiger partial charge >= 0.3 is 6.03 Å². The maximum Gasteiger partial charge on any atom is 0.322 e. The fourth-order valence-corrected chi connectivity index (χ4v) is 4.99. The Morgan fingerprint density at radius 3 is 2.63 bits per heavy atom. The zero-order valence-electron chi connectivity index (χ0n) is 16.2. The molecule has 146 valence electrons. The Bertz CT molecular complexity index is 712. The van der Waals surface area contributed by atoms with Crippen LogP contribution in [0.2, 0.25) is 0 Å². The van der Waals surface area contributed by atoms with Crippen LogP contribution >= 0.6 is 0 Å². The minimum absolute atomic E-state index is 0.180. The molecule has 2 fully saturated rings. The number of amides is 3. The second-order valence-corrected chi connectivity index (χ2v) is 8.16. The number of anilines is 1. The summed E-state index contributed by atoms with van der Waals surface area (Å²) in [6, 6.07) is 8.26. The second-order valence-electron chi connectivity index (χ2n) is 8.16. The van der Waals surface area contributed by atoms with Gasteiger partial charge in [-0.25, -0.2) is 4.79 Å². The van der Waals surface area contributed by atoms with Crippen molar-refractivity contribution in [3.63, 3.8) is 0 Å².